The van der Waals surface area contributed by atoms with Gasteiger partial charge in [0, 0.05) is 0 Å². The van der Waals surface area contributed by atoms with E-state index in [4.69, 9.17) is 0 Å². The van der Waals surface area contributed by atoms with Gasteiger partial charge in [0.05, 0.1) is 23.1 Å². The van der Waals surface area contributed by atoms with Crippen molar-refractivity contribution in [2.75, 3.05) is 11.9 Å². The lowest BCUT2D eigenvalue weighted by molar-refractivity contribution is -0.118. The smallest absolute Gasteiger partial charge is 0.241 e. The number of H-pyrrole nitrogens is 1. The largest absolute Gasteiger partial charge is 0.322 e. The van der Waals surface area contributed by atoms with Crippen molar-refractivity contribution >= 4 is 11.6 Å². The number of nitrogens with one attached hydrogen (secondary N) is 3. The highest BCUT2D eigenvalue weighted by Crippen LogP contribution is 2.38. The highest BCUT2D eigenvalue weighted by molar-refractivity contribution is 5.96. The molecule has 18 heavy (non-hydrogen) atoms. The molecule has 0 spiro atoms. The third-order valence-corrected chi connectivity index (χ3v) is 4.40. The van der Waals surface area contributed by atoms with Gasteiger partial charge in [-0.2, -0.15) is 5.10 Å². The van der Waals surface area contributed by atoms with E-state index in [-0.39, 0.29) is 11.9 Å². The monoisotopic (exact) mass is 248 g/mol. The number of aromatic amines is 1. The Morgan fingerprint density at radius 3 is 2.94 bits per heavy atom. The molecule has 1 aliphatic carbocycles. The Labute approximate surface area is 107 Å². The molecule has 0 radical (unpaired) electrons. The van der Waals surface area contributed by atoms with E-state index in [0.29, 0.717) is 11.8 Å². The molecule has 3 unspecified atom stereocenters. The van der Waals surface area contributed by atoms with Crippen LogP contribution in [-0.2, 0) is 4.79 Å². The molecule has 1 aromatic heterocycles. The van der Waals surface area contributed by atoms with Crippen molar-refractivity contribution in [1.29, 1.82) is 0 Å². The summed E-state index contributed by atoms with van der Waals surface area (Å²) >= 11 is 0. The zero-order valence-electron chi connectivity index (χ0n) is 10.9. The van der Waals surface area contributed by atoms with Crippen molar-refractivity contribution in [1.82, 2.24) is 15.5 Å². The number of carbonyl (C=O) groups excluding carboxylic acids is 1. The molecule has 0 bridgehead atoms. The fraction of sp³-hybridized carbons (Fsp3) is 0.692. The van der Waals surface area contributed by atoms with Crippen LogP contribution in [0.25, 0.3) is 0 Å². The lowest BCUT2D eigenvalue weighted by Gasteiger charge is -2.17. The van der Waals surface area contributed by atoms with E-state index < -0.39 is 0 Å². The Morgan fingerprint density at radius 2 is 2.22 bits per heavy atom. The normalized spacial score (nSPS) is 30.4. The molecule has 2 heterocycles. The second kappa shape index (κ2) is 4.39. The van der Waals surface area contributed by atoms with Crippen LogP contribution in [0.1, 0.15) is 30.7 Å². The van der Waals surface area contributed by atoms with Crippen LogP contribution in [0, 0.1) is 25.7 Å². The van der Waals surface area contributed by atoms with Crippen LogP contribution in [0.2, 0.25) is 0 Å². The van der Waals surface area contributed by atoms with Crippen LogP contribution in [0.15, 0.2) is 0 Å². The van der Waals surface area contributed by atoms with Gasteiger partial charge in [0.1, 0.15) is 0 Å². The molecule has 1 aliphatic heterocycles. The molecule has 1 aromatic rings. The molecule has 3 rings (SSSR count). The van der Waals surface area contributed by atoms with Gasteiger partial charge >= 0.3 is 0 Å². The predicted molar refractivity (Wildman–Crippen MR) is 69.3 cm³/mol. The van der Waals surface area contributed by atoms with Gasteiger partial charge in [0.15, 0.2) is 0 Å². The fourth-order valence-electron chi connectivity index (χ4n) is 3.41. The maximum atomic E-state index is 12.3. The molecule has 1 saturated heterocycles. The second-order valence-corrected chi connectivity index (χ2v) is 5.54. The highest BCUT2D eigenvalue weighted by Gasteiger charge is 2.42. The van der Waals surface area contributed by atoms with Crippen molar-refractivity contribution in [3.8, 4) is 0 Å². The van der Waals surface area contributed by atoms with Crippen LogP contribution < -0.4 is 10.6 Å². The number of fused-ring (bicyclic) bond motifs is 1. The molecule has 2 aliphatic rings. The molecule has 5 heteroatoms. The molecule has 5 nitrogen and oxygen atoms in total. The Bertz CT molecular complexity index is 448. The highest BCUT2D eigenvalue weighted by atomic mass is 16.2. The van der Waals surface area contributed by atoms with E-state index in [0.717, 1.165) is 23.6 Å². The van der Waals surface area contributed by atoms with Crippen LogP contribution in [0.3, 0.4) is 0 Å². The van der Waals surface area contributed by atoms with Gasteiger partial charge in [-0.1, -0.05) is 6.42 Å². The van der Waals surface area contributed by atoms with E-state index in [9.17, 15) is 4.79 Å². The summed E-state index contributed by atoms with van der Waals surface area (Å²) in [5.74, 6) is 1.32. The topological polar surface area (TPSA) is 69.8 Å². The molecule has 2 fully saturated rings. The lowest BCUT2D eigenvalue weighted by atomic mass is 9.93. The van der Waals surface area contributed by atoms with Gasteiger partial charge in [-0.25, -0.2) is 0 Å². The molecule has 98 valence electrons. The number of nitrogens with zero attached hydrogens (tertiary/aromatic N) is 1. The summed E-state index contributed by atoms with van der Waals surface area (Å²) in [7, 11) is 0. The number of anilines is 1. The minimum absolute atomic E-state index is 0.0220. The van der Waals surface area contributed by atoms with E-state index in [1.165, 1.54) is 19.3 Å². The minimum Gasteiger partial charge on any atom is -0.322 e. The van der Waals surface area contributed by atoms with E-state index in [1.54, 1.807) is 0 Å². The van der Waals surface area contributed by atoms with Crippen molar-refractivity contribution < 1.29 is 4.79 Å². The number of hydrogen-bond acceptors (Lipinski definition) is 3. The summed E-state index contributed by atoms with van der Waals surface area (Å²) < 4.78 is 0. The van der Waals surface area contributed by atoms with E-state index >= 15 is 0 Å². The summed E-state index contributed by atoms with van der Waals surface area (Å²) in [4.78, 5) is 12.3. The summed E-state index contributed by atoms with van der Waals surface area (Å²) in [6.45, 7) is 4.82. The molecule has 3 atom stereocenters. The maximum absolute atomic E-state index is 12.3. The second-order valence-electron chi connectivity index (χ2n) is 5.54. The lowest BCUT2D eigenvalue weighted by Crippen LogP contribution is -2.39. The van der Waals surface area contributed by atoms with Crippen LogP contribution in [0.5, 0.6) is 0 Å². The van der Waals surface area contributed by atoms with E-state index in [1.807, 2.05) is 13.8 Å². The number of amides is 1. The number of aromatic nitrogens is 2. The van der Waals surface area contributed by atoms with Crippen molar-refractivity contribution in [2.24, 2.45) is 11.8 Å². The van der Waals surface area contributed by atoms with Gasteiger partial charge in [0.25, 0.3) is 0 Å². The van der Waals surface area contributed by atoms with Gasteiger partial charge in [-0.3, -0.25) is 9.89 Å². The summed E-state index contributed by atoms with van der Waals surface area (Å²) in [6, 6.07) is -0.0220. The fourth-order valence-corrected chi connectivity index (χ4v) is 3.41. The van der Waals surface area contributed by atoms with Gasteiger partial charge in [-0.15, -0.1) is 0 Å². The summed E-state index contributed by atoms with van der Waals surface area (Å²) in [5, 5.41) is 13.4. The Morgan fingerprint density at radius 1 is 1.39 bits per heavy atom. The average molecular weight is 248 g/mol. The zero-order valence-corrected chi connectivity index (χ0v) is 10.9. The molecule has 3 N–H and O–H groups in total. The SMILES string of the molecule is Cc1n[nH]c(C)c1NC(=O)C1NCC2CCCC21. The van der Waals surface area contributed by atoms with E-state index in [2.05, 4.69) is 20.8 Å². The third kappa shape index (κ3) is 1.82. The van der Waals surface area contributed by atoms with Crippen LogP contribution in [-0.4, -0.2) is 28.7 Å². The first-order valence-corrected chi connectivity index (χ1v) is 6.72. The molecular formula is C13H20N4O. The molecule has 1 amide bonds. The van der Waals surface area contributed by atoms with Gasteiger partial charge in [0.2, 0.25) is 5.91 Å². The first kappa shape index (κ1) is 11.7. The molecule has 1 saturated carbocycles. The first-order valence-electron chi connectivity index (χ1n) is 6.72. The van der Waals surface area contributed by atoms with Crippen molar-refractivity contribution in [3.05, 3.63) is 11.4 Å². The molecular weight excluding hydrogens is 228 g/mol. The number of carbonyl (C=O) groups is 1. The molecule has 0 aromatic carbocycles. The minimum atomic E-state index is -0.0220. The quantitative estimate of drug-likeness (QED) is 0.740. The van der Waals surface area contributed by atoms with Crippen LogP contribution in [0.4, 0.5) is 5.69 Å². The average Bonchev–Trinajstić information content (AvgIpc) is 2.99. The summed E-state index contributed by atoms with van der Waals surface area (Å²) in [6.07, 6.45) is 3.72. The van der Waals surface area contributed by atoms with Gasteiger partial charge in [-0.05, 0) is 45.1 Å². The van der Waals surface area contributed by atoms with Crippen LogP contribution >= 0.6 is 0 Å². The number of rotatable bonds is 2. The number of hydrogen-bond donors (Lipinski definition) is 3. The first-order chi connectivity index (χ1) is 8.66. The predicted octanol–water partition coefficient (Wildman–Crippen LogP) is 1.35. The van der Waals surface area contributed by atoms with Gasteiger partial charge < -0.3 is 10.6 Å². The standard InChI is InChI=1S/C13H20N4O/c1-7-11(8(2)17-16-7)15-13(18)12-10-5-3-4-9(10)6-14-12/h9-10,12,14H,3-6H2,1-2H3,(H,15,18)(H,16,17). The number of aryl methyl sites for hydroxylation is 2. The maximum Gasteiger partial charge on any atom is 0.241 e. The van der Waals surface area contributed by atoms with Crippen molar-refractivity contribution in [3.63, 3.8) is 0 Å². The zero-order chi connectivity index (χ0) is 12.7. The third-order valence-electron chi connectivity index (χ3n) is 4.40. The Balaban J connectivity index is 1.72. The van der Waals surface area contributed by atoms with Crippen molar-refractivity contribution in [2.45, 2.75) is 39.2 Å². The Kier molecular flexibility index (Phi) is 2.86. The summed E-state index contributed by atoms with van der Waals surface area (Å²) in [5.41, 5.74) is 2.60. The Hall–Kier alpha value is -1.36.